The Hall–Kier alpha value is -2.86. The highest BCUT2D eigenvalue weighted by Gasteiger charge is 2.14. The molecule has 0 fully saturated rings. The second-order valence-electron chi connectivity index (χ2n) is 5.27. The molecule has 2 rings (SSSR count). The van der Waals surface area contributed by atoms with Crippen LogP contribution in [-0.4, -0.2) is 30.8 Å². The molecule has 0 aliphatic heterocycles. The number of benzene rings is 2. The van der Waals surface area contributed by atoms with Gasteiger partial charge in [0.05, 0.1) is 25.3 Å². The van der Waals surface area contributed by atoms with Crippen LogP contribution >= 0.6 is 0 Å². The van der Waals surface area contributed by atoms with E-state index in [2.05, 4.69) is 15.4 Å². The Balaban J connectivity index is 2.05. The summed E-state index contributed by atoms with van der Waals surface area (Å²) in [4.78, 5) is 23.6. The number of esters is 1. The van der Waals surface area contributed by atoms with Gasteiger partial charge in [-0.05, 0) is 36.2 Å². The van der Waals surface area contributed by atoms with E-state index in [1.54, 1.807) is 25.1 Å². The summed E-state index contributed by atoms with van der Waals surface area (Å²) in [5.41, 5.74) is 2.53. The van der Waals surface area contributed by atoms with Gasteiger partial charge in [-0.25, -0.2) is 9.59 Å². The molecule has 6 heteroatoms. The van der Waals surface area contributed by atoms with E-state index in [0.717, 1.165) is 11.1 Å². The smallest absolute Gasteiger partial charge is 0.337 e. The second kappa shape index (κ2) is 8.12. The largest absolute Gasteiger partial charge is 0.465 e. The summed E-state index contributed by atoms with van der Waals surface area (Å²) in [6.45, 7) is 1.57. The summed E-state index contributed by atoms with van der Waals surface area (Å²) in [6, 6.07) is 13.1. The minimum Gasteiger partial charge on any atom is -0.465 e. The molecule has 0 heterocycles. The van der Waals surface area contributed by atoms with Gasteiger partial charge in [0.25, 0.3) is 0 Å². The fourth-order valence-corrected chi connectivity index (χ4v) is 2.29. The number of methoxy groups -OCH3 is 1. The first-order valence-corrected chi connectivity index (χ1v) is 7.47. The normalized spacial score (nSPS) is 11.5. The van der Waals surface area contributed by atoms with E-state index >= 15 is 0 Å². The molecule has 0 radical (unpaired) electrons. The lowest BCUT2D eigenvalue weighted by Gasteiger charge is -2.18. The van der Waals surface area contributed by atoms with Gasteiger partial charge in [0.2, 0.25) is 0 Å². The van der Waals surface area contributed by atoms with Crippen molar-refractivity contribution in [3.05, 3.63) is 65.2 Å². The van der Waals surface area contributed by atoms with Crippen LogP contribution < -0.4 is 10.6 Å². The van der Waals surface area contributed by atoms with Crippen molar-refractivity contribution in [3.63, 3.8) is 0 Å². The van der Waals surface area contributed by atoms with E-state index in [1.165, 1.54) is 7.11 Å². The van der Waals surface area contributed by atoms with Crippen LogP contribution in [0.2, 0.25) is 0 Å². The summed E-state index contributed by atoms with van der Waals surface area (Å²) >= 11 is 0. The molecule has 0 aliphatic rings. The van der Waals surface area contributed by atoms with Crippen LogP contribution in [-0.2, 0) is 4.74 Å². The Morgan fingerprint density at radius 3 is 2.46 bits per heavy atom. The van der Waals surface area contributed by atoms with E-state index in [-0.39, 0.29) is 6.61 Å². The molecule has 1 atom stereocenters. The third-order valence-electron chi connectivity index (χ3n) is 3.59. The van der Waals surface area contributed by atoms with Gasteiger partial charge < -0.3 is 20.5 Å². The first kappa shape index (κ1) is 17.5. The molecule has 24 heavy (non-hydrogen) atoms. The molecular weight excluding hydrogens is 308 g/mol. The maximum Gasteiger partial charge on any atom is 0.337 e. The predicted octanol–water partition coefficient (Wildman–Crippen LogP) is 2.64. The number of hydrogen-bond donors (Lipinski definition) is 3. The van der Waals surface area contributed by atoms with Crippen LogP contribution in [0, 0.1) is 6.92 Å². The van der Waals surface area contributed by atoms with Gasteiger partial charge in [-0.1, -0.05) is 30.3 Å². The fourth-order valence-electron chi connectivity index (χ4n) is 2.29. The fraction of sp³-hybridized carbons (Fsp3) is 0.222. The number of rotatable bonds is 5. The van der Waals surface area contributed by atoms with Crippen molar-refractivity contribution >= 4 is 17.7 Å². The molecule has 0 unspecified atom stereocenters. The second-order valence-corrected chi connectivity index (χ2v) is 5.27. The summed E-state index contributed by atoms with van der Waals surface area (Å²) in [6.07, 6.45) is 0. The van der Waals surface area contributed by atoms with E-state index < -0.39 is 18.0 Å². The Kier molecular flexibility index (Phi) is 5.92. The van der Waals surface area contributed by atoms with Crippen molar-refractivity contribution in [1.82, 2.24) is 5.32 Å². The molecule has 0 aliphatic carbocycles. The standard InChI is InChI=1S/C18H20N2O4/c1-12-10-14(17(22)24-2)8-9-15(12)19-18(23)20-16(11-21)13-6-4-3-5-7-13/h3-10,16,21H,11H2,1-2H3,(H2,19,20,23)/t16-/m0/s1. The van der Waals surface area contributed by atoms with Crippen molar-refractivity contribution in [1.29, 1.82) is 0 Å². The average molecular weight is 328 g/mol. The van der Waals surface area contributed by atoms with Crippen LogP contribution in [0.4, 0.5) is 10.5 Å². The first-order valence-electron chi connectivity index (χ1n) is 7.47. The molecule has 2 aromatic rings. The molecule has 6 nitrogen and oxygen atoms in total. The van der Waals surface area contributed by atoms with Gasteiger partial charge >= 0.3 is 12.0 Å². The van der Waals surface area contributed by atoms with Crippen molar-refractivity contribution in [3.8, 4) is 0 Å². The van der Waals surface area contributed by atoms with Crippen LogP contribution in [0.25, 0.3) is 0 Å². The zero-order valence-electron chi connectivity index (χ0n) is 13.6. The van der Waals surface area contributed by atoms with E-state index in [0.29, 0.717) is 11.3 Å². The Labute approximate surface area is 140 Å². The van der Waals surface area contributed by atoms with Gasteiger partial charge in [0.1, 0.15) is 0 Å². The number of aliphatic hydroxyl groups is 1. The number of aryl methyl sites for hydroxylation is 1. The number of aliphatic hydroxyl groups excluding tert-OH is 1. The zero-order chi connectivity index (χ0) is 17.5. The maximum atomic E-state index is 12.2. The average Bonchev–Trinajstić information content (AvgIpc) is 2.61. The van der Waals surface area contributed by atoms with E-state index in [1.807, 2.05) is 30.3 Å². The molecule has 126 valence electrons. The highest BCUT2D eigenvalue weighted by Crippen LogP contribution is 2.18. The first-order chi connectivity index (χ1) is 11.5. The molecular formula is C18H20N2O4. The third-order valence-corrected chi connectivity index (χ3v) is 3.59. The molecule has 2 amide bonds. The minimum atomic E-state index is -0.499. The Bertz CT molecular complexity index is 716. The number of hydrogen-bond acceptors (Lipinski definition) is 4. The Morgan fingerprint density at radius 2 is 1.88 bits per heavy atom. The summed E-state index contributed by atoms with van der Waals surface area (Å²) in [7, 11) is 1.32. The molecule has 0 spiro atoms. The van der Waals surface area contributed by atoms with Gasteiger partial charge in [0, 0.05) is 5.69 Å². The van der Waals surface area contributed by atoms with Crippen LogP contribution in [0.15, 0.2) is 48.5 Å². The molecule has 0 bridgehead atoms. The van der Waals surface area contributed by atoms with Crippen molar-refractivity contribution < 1.29 is 19.4 Å². The van der Waals surface area contributed by atoms with Gasteiger partial charge in [-0.2, -0.15) is 0 Å². The number of carbonyl (C=O) groups excluding carboxylic acids is 2. The Morgan fingerprint density at radius 1 is 1.17 bits per heavy atom. The zero-order valence-corrected chi connectivity index (χ0v) is 13.6. The highest BCUT2D eigenvalue weighted by molar-refractivity contribution is 5.93. The van der Waals surface area contributed by atoms with Crippen molar-refractivity contribution in [2.45, 2.75) is 13.0 Å². The van der Waals surface area contributed by atoms with E-state index in [9.17, 15) is 14.7 Å². The minimum absolute atomic E-state index is 0.211. The number of amides is 2. The van der Waals surface area contributed by atoms with Crippen molar-refractivity contribution in [2.75, 3.05) is 19.0 Å². The summed E-state index contributed by atoms with van der Waals surface area (Å²) < 4.78 is 4.66. The number of urea groups is 1. The number of nitrogens with one attached hydrogen (secondary N) is 2. The summed E-state index contributed by atoms with van der Waals surface area (Å²) in [5, 5.41) is 14.9. The maximum absolute atomic E-state index is 12.2. The molecule has 3 N–H and O–H groups in total. The van der Waals surface area contributed by atoms with Crippen LogP contribution in [0.3, 0.4) is 0 Å². The number of ether oxygens (including phenoxy) is 1. The SMILES string of the molecule is COC(=O)c1ccc(NC(=O)N[C@@H](CO)c2ccccc2)c(C)c1. The monoisotopic (exact) mass is 328 g/mol. The lowest BCUT2D eigenvalue weighted by Crippen LogP contribution is -2.34. The summed E-state index contributed by atoms with van der Waals surface area (Å²) in [5.74, 6) is -0.432. The lowest BCUT2D eigenvalue weighted by molar-refractivity contribution is 0.0600. The number of carbonyl (C=O) groups is 2. The topological polar surface area (TPSA) is 87.7 Å². The molecule has 0 aromatic heterocycles. The van der Waals surface area contributed by atoms with Gasteiger partial charge in [-0.3, -0.25) is 0 Å². The molecule has 0 saturated heterocycles. The van der Waals surface area contributed by atoms with Gasteiger partial charge in [-0.15, -0.1) is 0 Å². The quantitative estimate of drug-likeness (QED) is 0.736. The highest BCUT2D eigenvalue weighted by atomic mass is 16.5. The molecule has 2 aromatic carbocycles. The lowest BCUT2D eigenvalue weighted by atomic mass is 10.1. The third kappa shape index (κ3) is 4.33. The predicted molar refractivity (Wildman–Crippen MR) is 90.9 cm³/mol. The van der Waals surface area contributed by atoms with Crippen molar-refractivity contribution in [2.24, 2.45) is 0 Å². The van der Waals surface area contributed by atoms with Crippen LogP contribution in [0.1, 0.15) is 27.5 Å². The van der Waals surface area contributed by atoms with Gasteiger partial charge in [0.15, 0.2) is 0 Å². The van der Waals surface area contributed by atoms with Crippen LogP contribution in [0.5, 0.6) is 0 Å². The van der Waals surface area contributed by atoms with E-state index in [4.69, 9.17) is 0 Å². The number of anilines is 1. The molecule has 0 saturated carbocycles.